The molecule has 2 N–H and O–H groups in total. The lowest BCUT2D eigenvalue weighted by Crippen LogP contribution is -2.47. The molecule has 0 saturated heterocycles. The Hall–Kier alpha value is -2.19. The second kappa shape index (κ2) is 25.9. The normalized spacial score (nSPS) is 15.8. The average molecular weight is 785 g/mol. The highest BCUT2D eigenvalue weighted by atomic mass is 32.2. The van der Waals surface area contributed by atoms with Crippen molar-refractivity contribution in [2.24, 2.45) is 10.7 Å². The maximum Gasteiger partial charge on any atom is 0.181 e. The lowest BCUT2D eigenvalue weighted by molar-refractivity contribution is 0.536. The molecule has 1 heterocycles. The first-order valence-corrected chi connectivity index (χ1v) is 25.5. The van der Waals surface area contributed by atoms with Gasteiger partial charge in [-0.15, -0.1) is 0 Å². The van der Waals surface area contributed by atoms with E-state index in [1.54, 1.807) is 42.5 Å². The van der Waals surface area contributed by atoms with Crippen LogP contribution in [0.1, 0.15) is 205 Å². The summed E-state index contributed by atoms with van der Waals surface area (Å²) in [5.41, 5.74) is 7.91. The monoisotopic (exact) mass is 785 g/mol. The molecule has 0 spiro atoms. The highest BCUT2D eigenvalue weighted by molar-refractivity contribution is 7.93. The lowest BCUT2D eigenvalue weighted by Gasteiger charge is -2.31. The predicted octanol–water partition coefficient (Wildman–Crippen LogP) is 13.1. The number of nitrogens with two attached hydrogens (primary N) is 1. The van der Waals surface area contributed by atoms with Crippen LogP contribution in [0.5, 0.6) is 0 Å². The summed E-state index contributed by atoms with van der Waals surface area (Å²) in [6.45, 7) is 4.51. The number of unbranched alkanes of at least 4 members (excludes halogenated alkanes) is 26. The van der Waals surface area contributed by atoms with Gasteiger partial charge in [0.15, 0.2) is 24.4 Å². The van der Waals surface area contributed by atoms with Gasteiger partial charge in [-0.05, 0) is 36.6 Å². The van der Waals surface area contributed by atoms with Crippen LogP contribution in [-0.2, 0) is 24.4 Å². The summed E-state index contributed by atoms with van der Waals surface area (Å²) >= 11 is 0. The zero-order valence-electron chi connectivity index (χ0n) is 34.3. The van der Waals surface area contributed by atoms with Gasteiger partial charge in [-0.1, -0.05) is 211 Å². The van der Waals surface area contributed by atoms with E-state index in [1.165, 1.54) is 128 Å². The molecule has 0 aromatic heterocycles. The Kier molecular flexibility index (Phi) is 22.1. The smallest absolute Gasteiger partial charge is 0.181 e. The molecule has 1 atom stereocenters. The molecule has 8 heteroatoms. The van der Waals surface area contributed by atoms with Crippen LogP contribution in [0, 0.1) is 0 Å². The third kappa shape index (κ3) is 14.7. The Bertz CT molecular complexity index is 1560. The van der Waals surface area contributed by atoms with E-state index in [-0.39, 0.29) is 22.2 Å². The minimum absolute atomic E-state index is 0.00409. The highest BCUT2D eigenvalue weighted by Crippen LogP contribution is 2.49. The fraction of sp³-hybridized carbons (Fsp3) is 0.717. The largest absolute Gasteiger partial charge is 0.385 e. The molecule has 1 aliphatic rings. The SMILES string of the molecule is CCCCCCCCCCCCCCCCS(=O)(=O)c1ccc2c(c1)C(c1ccccc1)(S(=O)(=O)CCCCCCCCCCCCCCCC)C(N)=N2. The first-order valence-electron chi connectivity index (χ1n) is 22.2. The topological polar surface area (TPSA) is 107 Å². The molecule has 0 radical (unpaired) electrons. The van der Waals surface area contributed by atoms with E-state index in [4.69, 9.17) is 5.73 Å². The molecule has 2 aromatic rings. The van der Waals surface area contributed by atoms with Crippen LogP contribution in [0.3, 0.4) is 0 Å². The number of aliphatic imine (C=N–C) groups is 1. The molecule has 0 fully saturated rings. The quantitative estimate of drug-likeness (QED) is 0.0725. The molecular formula is C46H76N2O4S2. The molecule has 54 heavy (non-hydrogen) atoms. The van der Waals surface area contributed by atoms with E-state index in [0.717, 1.165) is 38.5 Å². The third-order valence-corrected chi connectivity index (χ3v) is 15.7. The molecule has 306 valence electrons. The third-order valence-electron chi connectivity index (χ3n) is 11.5. The van der Waals surface area contributed by atoms with Crippen LogP contribution < -0.4 is 5.73 Å². The summed E-state index contributed by atoms with van der Waals surface area (Å²) in [4.78, 5) is 4.70. The zero-order chi connectivity index (χ0) is 39.0. The minimum atomic E-state index is -3.91. The van der Waals surface area contributed by atoms with Gasteiger partial charge < -0.3 is 5.73 Å². The van der Waals surface area contributed by atoms with Gasteiger partial charge in [0.05, 0.1) is 22.1 Å². The first-order chi connectivity index (χ1) is 26.2. The van der Waals surface area contributed by atoms with E-state index >= 15 is 0 Å². The Labute approximate surface area is 331 Å². The van der Waals surface area contributed by atoms with E-state index in [0.29, 0.717) is 29.7 Å². The number of hydrogen-bond acceptors (Lipinski definition) is 6. The highest BCUT2D eigenvalue weighted by Gasteiger charge is 2.54. The summed E-state index contributed by atoms with van der Waals surface area (Å²) in [5, 5.41) is 0. The Morgan fingerprint density at radius 1 is 0.500 bits per heavy atom. The van der Waals surface area contributed by atoms with Crippen molar-refractivity contribution in [2.75, 3.05) is 11.5 Å². The van der Waals surface area contributed by atoms with Crippen molar-refractivity contribution < 1.29 is 16.8 Å². The lowest BCUT2D eigenvalue weighted by atomic mass is 9.90. The van der Waals surface area contributed by atoms with Crippen molar-refractivity contribution in [1.29, 1.82) is 0 Å². The van der Waals surface area contributed by atoms with Crippen LogP contribution in [0.25, 0.3) is 0 Å². The Balaban J connectivity index is 1.51. The summed E-state index contributed by atoms with van der Waals surface area (Å²) < 4.78 is 54.6. The van der Waals surface area contributed by atoms with E-state index in [1.807, 2.05) is 6.07 Å². The van der Waals surface area contributed by atoms with Gasteiger partial charge in [0.25, 0.3) is 0 Å². The van der Waals surface area contributed by atoms with Gasteiger partial charge in [-0.2, -0.15) is 0 Å². The van der Waals surface area contributed by atoms with Crippen molar-refractivity contribution >= 4 is 31.2 Å². The average Bonchev–Trinajstić information content (AvgIpc) is 3.47. The van der Waals surface area contributed by atoms with Gasteiger partial charge in [-0.3, -0.25) is 0 Å². The van der Waals surface area contributed by atoms with Crippen LogP contribution in [-0.4, -0.2) is 34.2 Å². The Morgan fingerprint density at radius 2 is 0.889 bits per heavy atom. The van der Waals surface area contributed by atoms with Crippen molar-refractivity contribution in [3.8, 4) is 0 Å². The van der Waals surface area contributed by atoms with Gasteiger partial charge >= 0.3 is 0 Å². The van der Waals surface area contributed by atoms with Gasteiger partial charge in [0.1, 0.15) is 5.84 Å². The second-order valence-corrected chi connectivity index (χ2v) is 20.4. The molecule has 6 nitrogen and oxygen atoms in total. The van der Waals surface area contributed by atoms with Crippen molar-refractivity contribution in [3.63, 3.8) is 0 Å². The molecule has 0 aliphatic carbocycles. The van der Waals surface area contributed by atoms with E-state index < -0.39 is 24.4 Å². The molecule has 1 unspecified atom stereocenters. The molecular weight excluding hydrogens is 709 g/mol. The number of amidine groups is 1. The summed E-state index contributed by atoms with van der Waals surface area (Å²) in [5.74, 6) is 0.00574. The van der Waals surface area contributed by atoms with Crippen molar-refractivity contribution in [2.45, 2.75) is 203 Å². The van der Waals surface area contributed by atoms with Gasteiger partial charge in [-0.25, -0.2) is 21.8 Å². The maximum absolute atomic E-state index is 14.5. The number of nitrogens with zero attached hydrogens (tertiary/aromatic N) is 1. The van der Waals surface area contributed by atoms with Crippen LogP contribution >= 0.6 is 0 Å². The molecule has 0 amide bonds. The van der Waals surface area contributed by atoms with Gasteiger partial charge in [0, 0.05) is 5.56 Å². The predicted molar refractivity (Wildman–Crippen MR) is 231 cm³/mol. The van der Waals surface area contributed by atoms with Crippen LogP contribution in [0.4, 0.5) is 5.69 Å². The van der Waals surface area contributed by atoms with E-state index in [9.17, 15) is 16.8 Å². The minimum Gasteiger partial charge on any atom is -0.385 e. The number of sulfone groups is 2. The zero-order valence-corrected chi connectivity index (χ0v) is 35.9. The fourth-order valence-corrected chi connectivity index (χ4v) is 11.8. The van der Waals surface area contributed by atoms with Crippen LogP contribution in [0.2, 0.25) is 0 Å². The van der Waals surface area contributed by atoms with Crippen LogP contribution in [0.15, 0.2) is 58.4 Å². The van der Waals surface area contributed by atoms with Crippen molar-refractivity contribution in [3.05, 3.63) is 59.7 Å². The summed E-state index contributed by atoms with van der Waals surface area (Å²) in [7, 11) is -7.53. The second-order valence-electron chi connectivity index (χ2n) is 16.1. The number of hydrogen-bond donors (Lipinski definition) is 1. The fourth-order valence-electron chi connectivity index (χ4n) is 8.16. The van der Waals surface area contributed by atoms with E-state index in [2.05, 4.69) is 18.8 Å². The van der Waals surface area contributed by atoms with Gasteiger partial charge in [0.2, 0.25) is 0 Å². The molecule has 0 saturated carbocycles. The molecule has 2 aromatic carbocycles. The Morgan fingerprint density at radius 3 is 1.31 bits per heavy atom. The standard InChI is InChI=1S/C46H76N2O4S2/c1-3-5-7-9-11-13-15-17-19-21-23-25-27-32-38-53(49,50)42-36-37-44-43(40-42)46(45(47)48-44,41-34-30-29-31-35-41)54(51,52)39-33-28-26-24-22-20-18-16-14-12-10-8-6-4-2/h29-31,34-37,40H,3-28,32-33,38-39H2,1-2H3,(H2,47,48). The number of rotatable bonds is 33. The molecule has 0 bridgehead atoms. The number of benzene rings is 2. The summed E-state index contributed by atoms with van der Waals surface area (Å²) in [6.07, 6.45) is 33.5. The summed E-state index contributed by atoms with van der Waals surface area (Å²) in [6, 6.07) is 13.8. The first kappa shape index (κ1) is 46.2. The maximum atomic E-state index is 14.5. The number of fused-ring (bicyclic) bond motifs is 1. The van der Waals surface area contributed by atoms with Crippen molar-refractivity contribution in [1.82, 2.24) is 0 Å². The molecule has 1 aliphatic heterocycles. The molecule has 3 rings (SSSR count).